The van der Waals surface area contributed by atoms with Gasteiger partial charge in [-0.3, -0.25) is 0 Å². The summed E-state index contributed by atoms with van der Waals surface area (Å²) in [6, 6.07) is 15.1. The second-order valence-electron chi connectivity index (χ2n) is 4.81. The van der Waals surface area contributed by atoms with Crippen LogP contribution < -0.4 is 5.32 Å². The topological polar surface area (TPSA) is 32.3 Å². The Hall–Kier alpha value is -1.38. The van der Waals surface area contributed by atoms with Crippen molar-refractivity contribution in [2.24, 2.45) is 5.92 Å². The number of hydrogen-bond donors (Lipinski definition) is 2. The van der Waals surface area contributed by atoms with Crippen molar-refractivity contribution in [3.05, 3.63) is 48.0 Å². The fourth-order valence-electron chi connectivity index (χ4n) is 2.75. The van der Waals surface area contributed by atoms with Gasteiger partial charge in [-0.25, -0.2) is 0 Å². The van der Waals surface area contributed by atoms with E-state index < -0.39 is 0 Å². The monoisotopic (exact) mass is 227 g/mol. The van der Waals surface area contributed by atoms with Gasteiger partial charge in [0.05, 0.1) is 0 Å². The van der Waals surface area contributed by atoms with Gasteiger partial charge in [0, 0.05) is 31.5 Å². The van der Waals surface area contributed by atoms with E-state index in [1.165, 1.54) is 16.3 Å². The van der Waals surface area contributed by atoms with E-state index in [9.17, 15) is 5.11 Å². The lowest BCUT2D eigenvalue weighted by Gasteiger charge is -2.17. The second kappa shape index (κ2) is 4.47. The summed E-state index contributed by atoms with van der Waals surface area (Å²) in [7, 11) is 0. The zero-order valence-corrected chi connectivity index (χ0v) is 9.76. The van der Waals surface area contributed by atoms with Gasteiger partial charge in [-0.15, -0.1) is 0 Å². The zero-order chi connectivity index (χ0) is 11.7. The third-order valence-corrected chi connectivity index (χ3v) is 3.78. The Morgan fingerprint density at radius 3 is 2.71 bits per heavy atom. The fourth-order valence-corrected chi connectivity index (χ4v) is 2.75. The highest BCUT2D eigenvalue weighted by atomic mass is 16.3. The molecule has 0 saturated carbocycles. The van der Waals surface area contributed by atoms with Crippen molar-refractivity contribution in [3.8, 4) is 0 Å². The highest BCUT2D eigenvalue weighted by Crippen LogP contribution is 2.29. The normalized spacial score (nSPS) is 24.3. The first kappa shape index (κ1) is 10.8. The molecule has 0 amide bonds. The second-order valence-corrected chi connectivity index (χ2v) is 4.81. The third kappa shape index (κ3) is 1.94. The van der Waals surface area contributed by atoms with Crippen LogP contribution in [0.5, 0.6) is 0 Å². The molecule has 0 bridgehead atoms. The molecule has 17 heavy (non-hydrogen) atoms. The Labute approximate surface area is 101 Å². The maximum atomic E-state index is 9.37. The summed E-state index contributed by atoms with van der Waals surface area (Å²) >= 11 is 0. The summed E-state index contributed by atoms with van der Waals surface area (Å²) in [6.45, 7) is 2.17. The Morgan fingerprint density at radius 1 is 1.06 bits per heavy atom. The molecule has 0 aromatic heterocycles. The molecule has 0 unspecified atom stereocenters. The van der Waals surface area contributed by atoms with Gasteiger partial charge < -0.3 is 10.4 Å². The quantitative estimate of drug-likeness (QED) is 0.823. The minimum Gasteiger partial charge on any atom is -0.396 e. The predicted octanol–water partition coefficient (Wildman–Crippen LogP) is 2.14. The molecule has 1 heterocycles. The van der Waals surface area contributed by atoms with Crippen LogP contribution in [-0.4, -0.2) is 24.8 Å². The van der Waals surface area contributed by atoms with Gasteiger partial charge in [0.25, 0.3) is 0 Å². The summed E-state index contributed by atoms with van der Waals surface area (Å²) < 4.78 is 0. The molecule has 1 saturated heterocycles. The van der Waals surface area contributed by atoms with Crippen molar-refractivity contribution in [2.75, 3.05) is 19.7 Å². The molecule has 2 heteroatoms. The van der Waals surface area contributed by atoms with E-state index in [1.807, 2.05) is 0 Å². The first-order valence-corrected chi connectivity index (χ1v) is 6.19. The summed E-state index contributed by atoms with van der Waals surface area (Å²) in [5.41, 5.74) is 1.34. The van der Waals surface area contributed by atoms with E-state index >= 15 is 0 Å². The Morgan fingerprint density at radius 2 is 1.88 bits per heavy atom. The zero-order valence-electron chi connectivity index (χ0n) is 9.76. The maximum Gasteiger partial charge on any atom is 0.0477 e. The van der Waals surface area contributed by atoms with E-state index in [2.05, 4.69) is 47.8 Å². The van der Waals surface area contributed by atoms with Crippen LogP contribution >= 0.6 is 0 Å². The average molecular weight is 227 g/mol. The van der Waals surface area contributed by atoms with Crippen molar-refractivity contribution >= 4 is 10.8 Å². The maximum absolute atomic E-state index is 9.37. The summed E-state index contributed by atoms with van der Waals surface area (Å²) in [5.74, 6) is 0.806. The molecule has 1 aliphatic heterocycles. The minimum atomic E-state index is 0.268. The van der Waals surface area contributed by atoms with Crippen LogP contribution in [0.4, 0.5) is 0 Å². The Kier molecular flexibility index (Phi) is 2.83. The first-order valence-electron chi connectivity index (χ1n) is 6.19. The average Bonchev–Trinajstić information content (AvgIpc) is 2.86. The largest absolute Gasteiger partial charge is 0.396 e. The van der Waals surface area contributed by atoms with Crippen molar-refractivity contribution in [3.63, 3.8) is 0 Å². The number of nitrogens with one attached hydrogen (secondary N) is 1. The summed E-state index contributed by atoms with van der Waals surface area (Å²) in [5, 5.41) is 15.3. The highest BCUT2D eigenvalue weighted by Gasteiger charge is 2.27. The van der Waals surface area contributed by atoms with Gasteiger partial charge >= 0.3 is 0 Å². The molecule has 2 nitrogen and oxygen atoms in total. The van der Waals surface area contributed by atoms with Gasteiger partial charge in [-0.2, -0.15) is 0 Å². The van der Waals surface area contributed by atoms with Crippen LogP contribution in [0.25, 0.3) is 10.8 Å². The number of fused-ring (bicyclic) bond motifs is 1. The highest BCUT2D eigenvalue weighted by molar-refractivity contribution is 5.83. The van der Waals surface area contributed by atoms with Crippen LogP contribution in [0.1, 0.15) is 11.5 Å². The Bertz CT molecular complexity index is 523. The smallest absolute Gasteiger partial charge is 0.0477 e. The van der Waals surface area contributed by atoms with E-state index in [4.69, 9.17) is 0 Å². The van der Waals surface area contributed by atoms with Crippen LogP contribution in [0, 0.1) is 5.92 Å². The number of rotatable bonds is 2. The van der Waals surface area contributed by atoms with Crippen molar-refractivity contribution in [1.29, 1.82) is 0 Å². The summed E-state index contributed by atoms with van der Waals surface area (Å²) in [4.78, 5) is 0. The van der Waals surface area contributed by atoms with Gasteiger partial charge in [0.1, 0.15) is 0 Å². The lowest BCUT2D eigenvalue weighted by atomic mass is 9.88. The minimum absolute atomic E-state index is 0.268. The Balaban J connectivity index is 2.00. The van der Waals surface area contributed by atoms with Crippen LogP contribution in [0.3, 0.4) is 0 Å². The molecule has 0 aliphatic carbocycles. The van der Waals surface area contributed by atoms with Gasteiger partial charge in [-0.1, -0.05) is 42.5 Å². The van der Waals surface area contributed by atoms with E-state index in [0.717, 1.165) is 13.1 Å². The number of aliphatic hydroxyl groups excluding tert-OH is 1. The molecule has 2 atom stereocenters. The SMILES string of the molecule is OC[C@@H]1CNC[C@H]1c1ccc2ccccc2c1. The van der Waals surface area contributed by atoms with Gasteiger partial charge in [-0.05, 0) is 16.3 Å². The van der Waals surface area contributed by atoms with Gasteiger partial charge in [0.2, 0.25) is 0 Å². The van der Waals surface area contributed by atoms with E-state index in [1.54, 1.807) is 0 Å². The van der Waals surface area contributed by atoms with E-state index in [0.29, 0.717) is 11.8 Å². The third-order valence-electron chi connectivity index (χ3n) is 3.78. The molecule has 1 aliphatic rings. The van der Waals surface area contributed by atoms with Crippen LogP contribution in [-0.2, 0) is 0 Å². The van der Waals surface area contributed by atoms with Gasteiger partial charge in [0.15, 0.2) is 0 Å². The molecule has 0 spiro atoms. The number of hydrogen-bond acceptors (Lipinski definition) is 2. The van der Waals surface area contributed by atoms with Crippen LogP contribution in [0.2, 0.25) is 0 Å². The lowest BCUT2D eigenvalue weighted by Crippen LogP contribution is -2.14. The van der Waals surface area contributed by atoms with Crippen molar-refractivity contribution in [1.82, 2.24) is 5.32 Å². The standard InChI is InChI=1S/C15H17NO/c17-10-14-8-16-9-15(14)13-6-5-11-3-1-2-4-12(11)7-13/h1-7,14-17H,8-10H2/t14-,15-/m0/s1. The number of aliphatic hydroxyl groups is 1. The molecular weight excluding hydrogens is 210 g/mol. The molecule has 2 aromatic rings. The molecule has 3 rings (SSSR count). The van der Waals surface area contributed by atoms with Crippen molar-refractivity contribution < 1.29 is 5.11 Å². The molecule has 2 aromatic carbocycles. The first-order chi connectivity index (χ1) is 8.38. The number of benzene rings is 2. The lowest BCUT2D eigenvalue weighted by molar-refractivity contribution is 0.226. The van der Waals surface area contributed by atoms with Crippen molar-refractivity contribution in [2.45, 2.75) is 5.92 Å². The fraction of sp³-hybridized carbons (Fsp3) is 0.333. The van der Waals surface area contributed by atoms with Crippen LogP contribution in [0.15, 0.2) is 42.5 Å². The summed E-state index contributed by atoms with van der Waals surface area (Å²) in [6.07, 6.45) is 0. The van der Waals surface area contributed by atoms with E-state index in [-0.39, 0.29) is 6.61 Å². The molecule has 2 N–H and O–H groups in total. The molecule has 88 valence electrons. The predicted molar refractivity (Wildman–Crippen MR) is 70.1 cm³/mol. The molecular formula is C15H17NO. The molecule has 1 fully saturated rings. The molecule has 0 radical (unpaired) electrons.